The van der Waals surface area contributed by atoms with Gasteiger partial charge in [-0.2, -0.15) is 0 Å². The van der Waals surface area contributed by atoms with Crippen molar-refractivity contribution in [3.05, 3.63) is 47.3 Å². The van der Waals surface area contributed by atoms with Crippen molar-refractivity contribution < 1.29 is 14.7 Å². The first kappa shape index (κ1) is 23.7. The van der Waals surface area contributed by atoms with Crippen LogP contribution in [-0.4, -0.2) is 31.8 Å². The van der Waals surface area contributed by atoms with Gasteiger partial charge in [-0.05, 0) is 29.4 Å². The third-order valence-corrected chi connectivity index (χ3v) is 5.70. The monoisotopic (exact) mass is 414 g/mol. The summed E-state index contributed by atoms with van der Waals surface area (Å²) in [6.45, 7) is 8.54. The summed E-state index contributed by atoms with van der Waals surface area (Å²) in [5, 5.41) is 17.8. The van der Waals surface area contributed by atoms with Gasteiger partial charge in [0.1, 0.15) is 6.04 Å². The van der Waals surface area contributed by atoms with Crippen LogP contribution in [0.15, 0.2) is 30.5 Å². The molecule has 2 aromatic rings. The van der Waals surface area contributed by atoms with Crippen LogP contribution < -0.4 is 5.73 Å². The van der Waals surface area contributed by atoms with E-state index in [9.17, 15) is 14.7 Å². The maximum atomic E-state index is 13.1. The molecule has 0 aliphatic carbocycles. The van der Waals surface area contributed by atoms with Crippen LogP contribution in [0.3, 0.4) is 0 Å². The van der Waals surface area contributed by atoms with Crippen molar-refractivity contribution in [2.75, 3.05) is 0 Å². The minimum absolute atomic E-state index is 0.0234. The molecule has 7 heteroatoms. The Bertz CT molecular complexity index is 837. The summed E-state index contributed by atoms with van der Waals surface area (Å²) in [5.74, 6) is -0.0857. The zero-order chi connectivity index (χ0) is 22.3. The Labute approximate surface area is 178 Å². The van der Waals surface area contributed by atoms with Crippen molar-refractivity contribution in [1.82, 2.24) is 15.0 Å². The maximum absolute atomic E-state index is 13.1. The van der Waals surface area contributed by atoms with Gasteiger partial charge in [-0.25, -0.2) is 4.68 Å². The van der Waals surface area contributed by atoms with Gasteiger partial charge in [0.25, 0.3) is 0 Å². The Hall–Kier alpha value is -2.54. The Kier molecular flexibility index (Phi) is 8.29. The van der Waals surface area contributed by atoms with Crippen LogP contribution in [0.1, 0.15) is 82.2 Å². The third kappa shape index (κ3) is 6.76. The quantitative estimate of drug-likeness (QED) is 0.548. The number of carbonyl (C=O) groups excluding carboxylic acids is 2. The number of nitrogens with two attached hydrogens (primary N) is 1. The molecule has 7 nitrogen and oxygen atoms in total. The van der Waals surface area contributed by atoms with Crippen LogP contribution in [0.4, 0.5) is 0 Å². The number of aromatic nitrogens is 3. The number of ketones is 1. The molecule has 1 amide bonds. The van der Waals surface area contributed by atoms with Crippen LogP contribution in [0, 0.1) is 5.41 Å². The topological polar surface area (TPSA) is 111 Å². The van der Waals surface area contributed by atoms with Crippen LogP contribution in [0.2, 0.25) is 0 Å². The molecule has 30 heavy (non-hydrogen) atoms. The molecule has 0 saturated heterocycles. The molecule has 3 N–H and O–H groups in total. The van der Waals surface area contributed by atoms with Crippen molar-refractivity contribution in [1.29, 1.82) is 0 Å². The van der Waals surface area contributed by atoms with Crippen molar-refractivity contribution in [2.24, 2.45) is 11.1 Å². The van der Waals surface area contributed by atoms with Gasteiger partial charge in [0, 0.05) is 25.0 Å². The lowest BCUT2D eigenvalue weighted by Crippen LogP contribution is -2.22. The number of benzene rings is 1. The molecule has 0 fully saturated rings. The fourth-order valence-corrected chi connectivity index (χ4v) is 3.24. The predicted molar refractivity (Wildman–Crippen MR) is 116 cm³/mol. The van der Waals surface area contributed by atoms with E-state index in [2.05, 4.69) is 38.0 Å². The SMILES string of the molecule is C[C@H](c1cn([C@@H](CCCCC(N)=O)C(=O)Cc2ccc(CO)cc2)nn1)C(C)(C)C. The maximum Gasteiger partial charge on any atom is 0.217 e. The first-order chi connectivity index (χ1) is 14.1. The molecular weight excluding hydrogens is 380 g/mol. The summed E-state index contributed by atoms with van der Waals surface area (Å²) in [7, 11) is 0. The van der Waals surface area contributed by atoms with Gasteiger partial charge in [0.05, 0.1) is 12.3 Å². The molecular formula is C23H34N4O3. The zero-order valence-electron chi connectivity index (χ0n) is 18.5. The summed E-state index contributed by atoms with van der Waals surface area (Å²) < 4.78 is 1.67. The highest BCUT2D eigenvalue weighted by atomic mass is 16.3. The van der Waals surface area contributed by atoms with Gasteiger partial charge in [0.2, 0.25) is 5.91 Å². The summed E-state index contributed by atoms with van der Waals surface area (Å²) in [4.78, 5) is 24.2. The Balaban J connectivity index is 2.17. The highest BCUT2D eigenvalue weighted by Crippen LogP contribution is 2.33. The second-order valence-electron chi connectivity index (χ2n) is 9.06. The molecule has 164 valence electrons. The zero-order valence-corrected chi connectivity index (χ0v) is 18.5. The number of aliphatic hydroxyl groups is 1. The lowest BCUT2D eigenvalue weighted by atomic mass is 9.80. The van der Waals surface area contributed by atoms with E-state index in [0.29, 0.717) is 25.7 Å². The normalized spacial score (nSPS) is 13.8. The second-order valence-corrected chi connectivity index (χ2v) is 9.06. The van der Waals surface area contributed by atoms with Crippen LogP contribution >= 0.6 is 0 Å². The van der Waals surface area contributed by atoms with Gasteiger partial charge in [-0.1, -0.05) is 63.6 Å². The molecule has 1 heterocycles. The molecule has 0 bridgehead atoms. The minimum atomic E-state index is -0.441. The van der Waals surface area contributed by atoms with Gasteiger partial charge in [0.15, 0.2) is 5.78 Å². The Morgan fingerprint density at radius 3 is 2.33 bits per heavy atom. The lowest BCUT2D eigenvalue weighted by molar-refractivity contribution is -0.122. The number of hydrogen-bond acceptors (Lipinski definition) is 5. The number of nitrogens with zero attached hydrogens (tertiary/aromatic N) is 3. The third-order valence-electron chi connectivity index (χ3n) is 5.70. The Morgan fingerprint density at radius 1 is 1.13 bits per heavy atom. The first-order valence-corrected chi connectivity index (χ1v) is 10.5. The smallest absolute Gasteiger partial charge is 0.217 e. The van der Waals surface area contributed by atoms with E-state index in [1.807, 2.05) is 30.5 Å². The molecule has 2 atom stereocenters. The van der Waals surface area contributed by atoms with Crippen molar-refractivity contribution in [3.63, 3.8) is 0 Å². The molecule has 0 radical (unpaired) electrons. The number of hydrogen-bond donors (Lipinski definition) is 2. The average Bonchev–Trinajstić information content (AvgIpc) is 3.16. The fourth-order valence-electron chi connectivity index (χ4n) is 3.24. The van der Waals surface area contributed by atoms with E-state index < -0.39 is 6.04 Å². The van der Waals surface area contributed by atoms with Gasteiger partial charge >= 0.3 is 0 Å². The van der Waals surface area contributed by atoms with Crippen LogP contribution in [0.25, 0.3) is 0 Å². The number of amides is 1. The van der Waals surface area contributed by atoms with E-state index in [4.69, 9.17) is 5.73 Å². The first-order valence-electron chi connectivity index (χ1n) is 10.5. The number of unbranched alkanes of at least 4 members (excludes halogenated alkanes) is 1. The molecule has 0 unspecified atom stereocenters. The van der Waals surface area contributed by atoms with E-state index >= 15 is 0 Å². The van der Waals surface area contributed by atoms with Crippen LogP contribution in [-0.2, 0) is 22.6 Å². The molecule has 0 spiro atoms. The fraction of sp³-hybridized carbons (Fsp3) is 0.565. The summed E-state index contributed by atoms with van der Waals surface area (Å²) in [6.07, 6.45) is 4.38. The van der Waals surface area contributed by atoms with Crippen molar-refractivity contribution in [3.8, 4) is 0 Å². The van der Waals surface area contributed by atoms with Gasteiger partial charge in [-0.15, -0.1) is 5.10 Å². The largest absolute Gasteiger partial charge is 0.392 e. The second kappa shape index (κ2) is 10.5. The summed E-state index contributed by atoms with van der Waals surface area (Å²) in [6, 6.07) is 6.93. The van der Waals surface area contributed by atoms with Crippen molar-refractivity contribution >= 4 is 11.7 Å². The van der Waals surface area contributed by atoms with E-state index in [0.717, 1.165) is 16.8 Å². The van der Waals surface area contributed by atoms with E-state index in [1.54, 1.807) is 4.68 Å². The number of rotatable bonds is 11. The molecule has 2 rings (SSSR count). The number of carbonyl (C=O) groups is 2. The Morgan fingerprint density at radius 2 is 1.77 bits per heavy atom. The highest BCUT2D eigenvalue weighted by Gasteiger charge is 2.27. The van der Waals surface area contributed by atoms with Crippen LogP contribution in [0.5, 0.6) is 0 Å². The lowest BCUT2D eigenvalue weighted by Gasteiger charge is -2.25. The minimum Gasteiger partial charge on any atom is -0.392 e. The molecule has 0 aliphatic heterocycles. The summed E-state index contributed by atoms with van der Waals surface area (Å²) >= 11 is 0. The van der Waals surface area contributed by atoms with Gasteiger partial charge < -0.3 is 10.8 Å². The molecule has 0 saturated carbocycles. The number of Topliss-reactive ketones (excluding diaryl/α,β-unsaturated/α-hetero) is 1. The number of aliphatic hydroxyl groups excluding tert-OH is 1. The average molecular weight is 415 g/mol. The molecule has 1 aromatic carbocycles. The van der Waals surface area contributed by atoms with E-state index in [1.165, 1.54) is 0 Å². The predicted octanol–water partition coefficient (Wildman–Crippen LogP) is 3.32. The molecule has 1 aromatic heterocycles. The van der Waals surface area contributed by atoms with E-state index in [-0.39, 0.29) is 36.1 Å². The highest BCUT2D eigenvalue weighted by molar-refractivity contribution is 5.84. The molecule has 0 aliphatic rings. The standard InChI is InChI=1S/C23H34N4O3/c1-16(23(2,3)4)19-14-27(26-25-19)20(7-5-6-8-22(24)30)21(29)13-17-9-11-18(15-28)12-10-17/h9-12,14,16,20,28H,5-8,13,15H2,1-4H3,(H2,24,30)/t16-,20+/m1/s1. The number of primary amides is 1. The van der Waals surface area contributed by atoms with Crippen molar-refractivity contribution in [2.45, 2.75) is 78.4 Å². The van der Waals surface area contributed by atoms with Gasteiger partial charge in [-0.3, -0.25) is 9.59 Å². The summed E-state index contributed by atoms with van der Waals surface area (Å²) in [5.41, 5.74) is 7.84.